The normalized spacial score (nSPS) is 10.8. The van der Waals surface area contributed by atoms with E-state index in [0.717, 1.165) is 12.0 Å². The monoisotopic (exact) mass is 290 g/mol. The summed E-state index contributed by atoms with van der Waals surface area (Å²) < 4.78 is 5.09. The molecule has 0 radical (unpaired) electrons. The molecule has 0 aliphatic heterocycles. The molecule has 0 aliphatic carbocycles. The number of aromatic nitrogens is 2. The average molecular weight is 292 g/mol. The van der Waals surface area contributed by atoms with Gasteiger partial charge in [0.2, 0.25) is 11.7 Å². The Morgan fingerprint density at radius 3 is 2.47 bits per heavy atom. The third-order valence-corrected chi connectivity index (χ3v) is 2.82. The Bertz CT molecular complexity index is 493. The van der Waals surface area contributed by atoms with Gasteiger partial charge in [-0.25, -0.2) is 0 Å². The first kappa shape index (κ1) is 12.7. The summed E-state index contributed by atoms with van der Waals surface area (Å²) in [4.78, 5) is 4.25. The number of aryl methyl sites for hydroxylation is 1. The molecule has 1 aromatic carbocycles. The molecule has 0 bridgehead atoms. The number of hydrogen-bond donors (Lipinski definition) is 0. The fourth-order valence-corrected chi connectivity index (χ4v) is 2.03. The topological polar surface area (TPSA) is 38.9 Å². The van der Waals surface area contributed by atoms with Crippen molar-refractivity contribution in [2.24, 2.45) is 0 Å². The van der Waals surface area contributed by atoms with Crippen LogP contribution in [0.15, 0.2) is 22.7 Å². The Hall–Kier alpha value is -0.770. The largest absolute Gasteiger partial charge is 0.339 e. The van der Waals surface area contributed by atoms with Crippen molar-refractivity contribution in [2.45, 2.75) is 12.8 Å². The lowest BCUT2D eigenvalue weighted by atomic mass is 10.2. The Labute approximate surface area is 114 Å². The lowest BCUT2D eigenvalue weighted by molar-refractivity contribution is 0.378. The van der Waals surface area contributed by atoms with E-state index in [9.17, 15) is 0 Å². The minimum atomic E-state index is 0.485. The minimum Gasteiger partial charge on any atom is -0.339 e. The van der Waals surface area contributed by atoms with E-state index in [1.807, 2.05) is 0 Å². The van der Waals surface area contributed by atoms with Gasteiger partial charge in [-0.05, 0) is 24.6 Å². The molecule has 0 unspecified atom stereocenters. The summed E-state index contributed by atoms with van der Waals surface area (Å²) in [6.45, 7) is 0. The summed E-state index contributed by atoms with van der Waals surface area (Å²) >= 11 is 17.4. The fourth-order valence-electron chi connectivity index (χ4n) is 1.37. The molecule has 2 rings (SSSR count). The van der Waals surface area contributed by atoms with Gasteiger partial charge in [-0.2, -0.15) is 4.98 Å². The van der Waals surface area contributed by atoms with E-state index in [2.05, 4.69) is 10.1 Å². The van der Waals surface area contributed by atoms with Gasteiger partial charge < -0.3 is 4.52 Å². The maximum absolute atomic E-state index is 5.90. The fraction of sp³-hybridized carbons (Fsp3) is 0.273. The molecule has 0 spiro atoms. The molecule has 1 heterocycles. The van der Waals surface area contributed by atoms with Crippen molar-refractivity contribution < 1.29 is 4.52 Å². The standard InChI is InChI=1S/C11H9Cl3N2O/c12-3-1-2-10-15-11(16-17-10)7-4-8(13)6-9(14)5-7/h4-6H,1-3H2. The highest BCUT2D eigenvalue weighted by molar-refractivity contribution is 6.35. The van der Waals surface area contributed by atoms with Crippen LogP contribution in [0.2, 0.25) is 10.0 Å². The SMILES string of the molecule is ClCCCc1nc(-c2cc(Cl)cc(Cl)c2)no1. The van der Waals surface area contributed by atoms with Crippen molar-refractivity contribution in [1.29, 1.82) is 0 Å². The van der Waals surface area contributed by atoms with E-state index in [-0.39, 0.29) is 0 Å². The molecule has 0 N–H and O–H groups in total. The van der Waals surface area contributed by atoms with Crippen LogP contribution in [-0.2, 0) is 6.42 Å². The lowest BCUT2D eigenvalue weighted by Gasteiger charge is -1.97. The van der Waals surface area contributed by atoms with E-state index in [4.69, 9.17) is 39.3 Å². The highest BCUT2D eigenvalue weighted by atomic mass is 35.5. The van der Waals surface area contributed by atoms with Gasteiger partial charge in [0.05, 0.1) is 0 Å². The quantitative estimate of drug-likeness (QED) is 0.792. The number of alkyl halides is 1. The zero-order valence-corrected chi connectivity index (χ0v) is 11.1. The van der Waals surface area contributed by atoms with Gasteiger partial charge in [0.15, 0.2) is 0 Å². The van der Waals surface area contributed by atoms with Crippen molar-refractivity contribution in [3.05, 3.63) is 34.1 Å². The molecular formula is C11H9Cl3N2O. The van der Waals surface area contributed by atoms with Gasteiger partial charge in [-0.15, -0.1) is 11.6 Å². The summed E-state index contributed by atoms with van der Waals surface area (Å²) in [6, 6.07) is 5.13. The van der Waals surface area contributed by atoms with Crippen molar-refractivity contribution >= 4 is 34.8 Å². The van der Waals surface area contributed by atoms with Crippen LogP contribution in [-0.4, -0.2) is 16.0 Å². The van der Waals surface area contributed by atoms with Crippen LogP contribution in [0.3, 0.4) is 0 Å². The smallest absolute Gasteiger partial charge is 0.227 e. The average Bonchev–Trinajstić information content (AvgIpc) is 2.73. The van der Waals surface area contributed by atoms with Crippen LogP contribution >= 0.6 is 34.8 Å². The van der Waals surface area contributed by atoms with Crippen LogP contribution in [0.25, 0.3) is 11.4 Å². The first-order valence-electron chi connectivity index (χ1n) is 5.04. The highest BCUT2D eigenvalue weighted by Gasteiger charge is 2.09. The molecular weight excluding hydrogens is 282 g/mol. The first-order chi connectivity index (χ1) is 8.19. The number of hydrogen-bond acceptors (Lipinski definition) is 3. The number of halogens is 3. The molecule has 90 valence electrons. The van der Waals surface area contributed by atoms with Crippen molar-refractivity contribution in [1.82, 2.24) is 10.1 Å². The predicted octanol–water partition coefficient (Wildman–Crippen LogP) is 4.21. The van der Waals surface area contributed by atoms with Gasteiger partial charge in [0.25, 0.3) is 0 Å². The molecule has 1 aromatic heterocycles. The van der Waals surface area contributed by atoms with Crippen LogP contribution in [0.1, 0.15) is 12.3 Å². The predicted molar refractivity (Wildman–Crippen MR) is 68.8 cm³/mol. The number of rotatable bonds is 4. The van der Waals surface area contributed by atoms with Crippen LogP contribution in [0.5, 0.6) is 0 Å². The summed E-state index contributed by atoms with van der Waals surface area (Å²) in [5.41, 5.74) is 0.739. The van der Waals surface area contributed by atoms with Gasteiger partial charge in [0, 0.05) is 27.9 Å². The molecule has 0 aliphatic rings. The molecule has 6 heteroatoms. The lowest BCUT2D eigenvalue weighted by Crippen LogP contribution is -1.86. The first-order valence-corrected chi connectivity index (χ1v) is 6.33. The van der Waals surface area contributed by atoms with Crippen molar-refractivity contribution in [2.75, 3.05) is 5.88 Å². The van der Waals surface area contributed by atoms with Crippen molar-refractivity contribution in [3.63, 3.8) is 0 Å². The number of benzene rings is 1. The van der Waals surface area contributed by atoms with Gasteiger partial charge in [-0.3, -0.25) is 0 Å². The van der Waals surface area contributed by atoms with Gasteiger partial charge >= 0.3 is 0 Å². The summed E-state index contributed by atoms with van der Waals surface area (Å²) in [5, 5.41) is 4.96. The van der Waals surface area contributed by atoms with Crippen molar-refractivity contribution in [3.8, 4) is 11.4 Å². The Morgan fingerprint density at radius 2 is 1.82 bits per heavy atom. The Balaban J connectivity index is 2.24. The Kier molecular flexibility index (Phi) is 4.26. The molecule has 2 aromatic rings. The van der Waals surface area contributed by atoms with Crippen LogP contribution in [0, 0.1) is 0 Å². The second-order valence-corrected chi connectivity index (χ2v) is 4.71. The zero-order chi connectivity index (χ0) is 12.3. The Morgan fingerprint density at radius 1 is 1.12 bits per heavy atom. The van der Waals surface area contributed by atoms with E-state index < -0.39 is 0 Å². The maximum Gasteiger partial charge on any atom is 0.227 e. The molecule has 0 saturated carbocycles. The van der Waals surface area contributed by atoms with E-state index >= 15 is 0 Å². The van der Waals surface area contributed by atoms with E-state index in [1.165, 1.54) is 0 Å². The van der Waals surface area contributed by atoms with Crippen LogP contribution in [0.4, 0.5) is 0 Å². The molecule has 0 atom stereocenters. The van der Waals surface area contributed by atoms with Crippen LogP contribution < -0.4 is 0 Å². The summed E-state index contributed by atoms with van der Waals surface area (Å²) in [7, 11) is 0. The molecule has 0 fully saturated rings. The highest BCUT2D eigenvalue weighted by Crippen LogP contribution is 2.25. The third-order valence-electron chi connectivity index (χ3n) is 2.11. The second kappa shape index (κ2) is 5.71. The second-order valence-electron chi connectivity index (χ2n) is 3.46. The number of nitrogens with zero attached hydrogens (tertiary/aromatic N) is 2. The van der Waals surface area contributed by atoms with E-state index in [0.29, 0.717) is 34.1 Å². The molecule has 0 saturated heterocycles. The molecule has 17 heavy (non-hydrogen) atoms. The van der Waals surface area contributed by atoms with Gasteiger partial charge in [0.1, 0.15) is 0 Å². The van der Waals surface area contributed by atoms with Gasteiger partial charge in [-0.1, -0.05) is 28.4 Å². The maximum atomic E-state index is 5.90. The minimum absolute atomic E-state index is 0.485. The third kappa shape index (κ3) is 3.35. The molecule has 3 nitrogen and oxygen atoms in total. The zero-order valence-electron chi connectivity index (χ0n) is 8.79. The summed E-state index contributed by atoms with van der Waals surface area (Å²) in [6.07, 6.45) is 1.48. The molecule has 0 amide bonds. The summed E-state index contributed by atoms with van der Waals surface area (Å²) in [5.74, 6) is 1.62. The van der Waals surface area contributed by atoms with E-state index in [1.54, 1.807) is 18.2 Å².